The van der Waals surface area contributed by atoms with Gasteiger partial charge in [-0.25, -0.2) is 0 Å². The number of rotatable bonds is 7. The van der Waals surface area contributed by atoms with Gasteiger partial charge in [0, 0.05) is 34.6 Å². The van der Waals surface area contributed by atoms with Crippen LogP contribution in [-0.2, 0) is 49.7 Å². The summed E-state index contributed by atoms with van der Waals surface area (Å²) in [7, 11) is 0. The van der Waals surface area contributed by atoms with Gasteiger partial charge in [-0.3, -0.25) is 43.2 Å². The van der Waals surface area contributed by atoms with Crippen molar-refractivity contribution in [2.45, 2.75) is 100 Å². The van der Waals surface area contributed by atoms with E-state index in [2.05, 4.69) is 37.2 Å². The van der Waals surface area contributed by atoms with Gasteiger partial charge in [-0.1, -0.05) is 51.5 Å². The number of benzene rings is 1. The average Bonchev–Trinajstić information content (AvgIpc) is 3.81. The van der Waals surface area contributed by atoms with Crippen molar-refractivity contribution in [3.63, 3.8) is 0 Å². The van der Waals surface area contributed by atoms with Crippen molar-refractivity contribution in [2.24, 2.45) is 29.4 Å². The van der Waals surface area contributed by atoms with E-state index in [1.807, 2.05) is 0 Å². The molecule has 1 fully saturated rings. The summed E-state index contributed by atoms with van der Waals surface area (Å²) in [5.41, 5.74) is 5.54. The number of aliphatic hydroxyl groups excluding tert-OH is 3. The normalized spacial score (nSPS) is 29.0. The van der Waals surface area contributed by atoms with Gasteiger partial charge in [0.2, 0.25) is 47.3 Å². The van der Waals surface area contributed by atoms with Crippen molar-refractivity contribution in [3.8, 4) is 0 Å². The number of amides is 8. The van der Waals surface area contributed by atoms with Crippen LogP contribution in [0.15, 0.2) is 35.5 Å². The molecule has 5 rings (SSSR count). The minimum Gasteiger partial charge on any atom is -0.394 e. The highest BCUT2D eigenvalue weighted by Gasteiger charge is 2.47. The number of nitrogens with two attached hydrogens (primary N) is 1. The molecule has 338 valence electrons. The Bertz CT molecular complexity index is 2060. The number of fused-ring (bicyclic) bond motifs is 5. The number of carbonyl (C=O) groups excluding carboxylic acids is 9. The van der Waals surface area contributed by atoms with Gasteiger partial charge in [-0.2, -0.15) is 0 Å². The Morgan fingerprint density at radius 1 is 0.823 bits per heavy atom. The van der Waals surface area contributed by atoms with Crippen molar-refractivity contribution < 1.29 is 58.5 Å². The first-order valence-electron chi connectivity index (χ1n) is 20.5. The highest BCUT2D eigenvalue weighted by Crippen LogP contribution is 2.35. The second kappa shape index (κ2) is 21.0. The van der Waals surface area contributed by atoms with E-state index in [1.54, 1.807) is 48.9 Å². The Labute approximate surface area is 360 Å². The van der Waals surface area contributed by atoms with Crippen molar-refractivity contribution in [2.75, 3.05) is 25.4 Å². The molecule has 1 aliphatic carbocycles. The maximum Gasteiger partial charge on any atom is 0.245 e. The van der Waals surface area contributed by atoms with Crippen LogP contribution in [0, 0.1) is 23.7 Å². The predicted octanol–water partition coefficient (Wildman–Crippen LogP) is -3.72. The third-order valence-corrected chi connectivity index (χ3v) is 12.9. The summed E-state index contributed by atoms with van der Waals surface area (Å²) in [4.78, 5) is 124. The number of hydrogen-bond acceptors (Lipinski definition) is 13. The molecule has 62 heavy (non-hydrogen) atoms. The molecule has 11 atom stereocenters. The molecule has 2 aromatic rings. The third kappa shape index (κ3) is 11.5. The van der Waals surface area contributed by atoms with Crippen LogP contribution in [0.5, 0.6) is 0 Å². The maximum absolute atomic E-state index is 14.4. The fraction of sp³-hybridized carbons (Fsp3) is 0.575. The Kier molecular flexibility index (Phi) is 16.1. The summed E-state index contributed by atoms with van der Waals surface area (Å²) in [6.45, 7) is 2.42. The van der Waals surface area contributed by atoms with Gasteiger partial charge in [0.05, 0.1) is 61.9 Å². The lowest BCUT2D eigenvalue weighted by molar-refractivity contribution is -0.139. The van der Waals surface area contributed by atoms with Crippen molar-refractivity contribution in [1.29, 1.82) is 0 Å². The zero-order chi connectivity index (χ0) is 45.4. The quantitative estimate of drug-likeness (QED) is 0.128. The van der Waals surface area contributed by atoms with Crippen LogP contribution < -0.4 is 43.0 Å². The molecule has 12 N–H and O–H groups in total. The molecule has 2 aliphatic heterocycles. The zero-order valence-electron chi connectivity index (χ0n) is 34.6. The van der Waals surface area contributed by atoms with Gasteiger partial charge in [0.15, 0.2) is 5.78 Å². The molecule has 2 bridgehead atoms. The van der Waals surface area contributed by atoms with Gasteiger partial charge in [0.1, 0.15) is 24.2 Å². The van der Waals surface area contributed by atoms with Gasteiger partial charge in [-0.15, -0.1) is 11.8 Å². The largest absolute Gasteiger partial charge is 0.394 e. The lowest BCUT2D eigenvalue weighted by Crippen LogP contribution is -2.60. The Morgan fingerprint density at radius 2 is 1.48 bits per heavy atom. The lowest BCUT2D eigenvalue weighted by atomic mass is 9.85. The predicted molar refractivity (Wildman–Crippen MR) is 221 cm³/mol. The topological polar surface area (TPSA) is 329 Å². The number of aliphatic hydroxyl groups is 3. The summed E-state index contributed by atoms with van der Waals surface area (Å²) in [6.07, 6.45) is -1.96. The van der Waals surface area contributed by atoms with Crippen LogP contribution >= 0.6 is 11.8 Å². The van der Waals surface area contributed by atoms with Gasteiger partial charge in [-0.05, 0) is 18.8 Å². The number of primary amides is 1. The molecule has 1 aromatic heterocycles. The summed E-state index contributed by atoms with van der Waals surface area (Å²) < 4.78 is 1.62. The molecule has 1 aromatic carbocycles. The van der Waals surface area contributed by atoms with Crippen LogP contribution in [0.1, 0.15) is 46.5 Å². The molecule has 22 heteroatoms. The molecule has 1 saturated carbocycles. The fourth-order valence-electron chi connectivity index (χ4n) is 7.87. The van der Waals surface area contributed by atoms with Crippen molar-refractivity contribution in [3.05, 3.63) is 30.5 Å². The van der Waals surface area contributed by atoms with Crippen LogP contribution in [-0.4, -0.2) is 141 Å². The number of nitrogens with zero attached hydrogens (tertiary/aromatic N) is 1. The minimum atomic E-state index is -1.65. The molecular formula is C40H55N9O12S. The SMILES string of the molecule is CC[C@H](C)[C@@H]1NC(=O)CNC(=O)[C@@H]2CSc3c4ccccc4cn3CC(NC(=O)CNC1=O)C(=O)N[C@@H](CC(N)=O)C(=O)C1C[C@H](O)C[C@H]1C(=O)N[C@@H]([C@@H](C)[C@@H](O)CO)C(=O)N2. The van der Waals surface area contributed by atoms with Gasteiger partial charge < -0.3 is 62.8 Å². The molecule has 3 aliphatic rings. The van der Waals surface area contributed by atoms with E-state index < -0.39 is 145 Å². The Balaban J connectivity index is 1.69. The van der Waals surface area contributed by atoms with E-state index in [-0.39, 0.29) is 25.1 Å². The average molecular weight is 886 g/mol. The van der Waals surface area contributed by atoms with Crippen LogP contribution in [0.2, 0.25) is 0 Å². The standard InChI is InChI=1S/C40H55N9O12S/c1-4-18(2)32-38(60)43-12-30(54)44-26-15-49-14-20-7-5-6-8-22(20)40(49)62-17-27(36(58)42-13-31(55)47-32)46-39(61)33(19(3)28(52)16-50)48-35(57)24-10-21(51)9-23(24)34(56)25(11-29(41)53)45-37(26)59/h5-8,14,18-19,21,23-28,32-33,50-52H,4,9-13,15-17H2,1-3H3,(H2,41,53)(H,42,58)(H,43,60)(H,44,54)(H,45,59)(H,46,61)(H,47,55)(H,48,57)/t18-,19-,21-,23?,24+,25-,26?,27-,28-,32-,33-/m0/s1. The van der Waals surface area contributed by atoms with Crippen LogP contribution in [0.4, 0.5) is 0 Å². The Morgan fingerprint density at radius 3 is 2.16 bits per heavy atom. The number of Topliss-reactive ketones (excluding diaryl/α,β-unsaturated/α-hetero) is 1. The number of hydrogen-bond donors (Lipinski definition) is 11. The number of carbonyl (C=O) groups is 9. The number of nitrogens with one attached hydrogen (secondary N) is 7. The monoisotopic (exact) mass is 885 g/mol. The smallest absolute Gasteiger partial charge is 0.245 e. The molecule has 0 saturated heterocycles. The van der Waals surface area contributed by atoms with E-state index in [0.29, 0.717) is 22.2 Å². The third-order valence-electron chi connectivity index (χ3n) is 11.7. The lowest BCUT2D eigenvalue weighted by Gasteiger charge is -2.31. The molecule has 3 heterocycles. The highest BCUT2D eigenvalue weighted by molar-refractivity contribution is 7.99. The molecular weight excluding hydrogens is 831 g/mol. The van der Waals surface area contributed by atoms with E-state index in [1.165, 1.54) is 6.92 Å². The molecule has 0 spiro atoms. The zero-order valence-corrected chi connectivity index (χ0v) is 35.4. The first-order valence-corrected chi connectivity index (χ1v) is 21.5. The van der Waals surface area contributed by atoms with E-state index in [0.717, 1.165) is 11.8 Å². The van der Waals surface area contributed by atoms with E-state index >= 15 is 0 Å². The van der Waals surface area contributed by atoms with E-state index in [9.17, 15) is 58.5 Å². The second-order valence-electron chi connectivity index (χ2n) is 16.1. The van der Waals surface area contributed by atoms with Gasteiger partial charge in [0.25, 0.3) is 0 Å². The first kappa shape index (κ1) is 47.5. The number of thioether (sulfide) groups is 1. The summed E-state index contributed by atoms with van der Waals surface area (Å²) in [5, 5.41) is 50.9. The summed E-state index contributed by atoms with van der Waals surface area (Å²) >= 11 is 1.06. The number of ketones is 1. The second-order valence-corrected chi connectivity index (χ2v) is 17.1. The Hall–Kier alpha value is -5.58. The molecule has 8 amide bonds. The molecule has 0 radical (unpaired) electrons. The maximum atomic E-state index is 14.4. The molecule has 2 unspecified atom stereocenters. The highest BCUT2D eigenvalue weighted by atomic mass is 32.2. The van der Waals surface area contributed by atoms with Crippen molar-refractivity contribution in [1.82, 2.24) is 41.8 Å². The first-order chi connectivity index (χ1) is 29.4. The summed E-state index contributed by atoms with van der Waals surface area (Å²) in [6, 6.07) is -0.373. The van der Waals surface area contributed by atoms with Crippen LogP contribution in [0.3, 0.4) is 0 Å². The van der Waals surface area contributed by atoms with Crippen molar-refractivity contribution >= 4 is 75.6 Å². The summed E-state index contributed by atoms with van der Waals surface area (Å²) in [5.74, 6) is -12.4. The number of aromatic nitrogens is 1. The van der Waals surface area contributed by atoms with Gasteiger partial charge >= 0.3 is 0 Å². The molecule has 21 nitrogen and oxygen atoms in total. The van der Waals surface area contributed by atoms with E-state index in [4.69, 9.17) is 5.73 Å². The fourth-order valence-corrected chi connectivity index (χ4v) is 9.07. The van der Waals surface area contributed by atoms with Crippen LogP contribution in [0.25, 0.3) is 10.8 Å². The minimum absolute atomic E-state index is 0.224.